The van der Waals surface area contributed by atoms with Gasteiger partial charge >= 0.3 is 0 Å². The van der Waals surface area contributed by atoms with Crippen molar-refractivity contribution in [3.63, 3.8) is 0 Å². The Morgan fingerprint density at radius 3 is 2.56 bits per heavy atom. The number of anilines is 2. The molecule has 0 spiro atoms. The third-order valence-corrected chi connectivity index (χ3v) is 7.80. The van der Waals surface area contributed by atoms with Crippen molar-refractivity contribution in [1.82, 2.24) is 4.98 Å². The lowest BCUT2D eigenvalue weighted by Crippen LogP contribution is -2.29. The Morgan fingerprint density at radius 1 is 1.16 bits per heavy atom. The highest BCUT2D eigenvalue weighted by molar-refractivity contribution is 7.93. The molecular weight excluding hydrogens is 442 g/mol. The van der Waals surface area contributed by atoms with Gasteiger partial charge in [0.2, 0.25) is 10.0 Å². The summed E-state index contributed by atoms with van der Waals surface area (Å²) >= 11 is 1.41. The van der Waals surface area contributed by atoms with E-state index in [4.69, 9.17) is 0 Å². The van der Waals surface area contributed by atoms with Crippen LogP contribution in [0.1, 0.15) is 12.0 Å². The standard InChI is InChI=1S/C24H23N3O3S2/c1-2-15-26(24-25-22(18-31-24)20-7-4-3-5-8-20)23(28)14-11-19-9-12-21(13-10-19)27-16-6-17-32(27,29)30/h2-5,7-14,18H,1,6,15-17H2/b14-11+. The Balaban J connectivity index is 1.48. The zero-order valence-electron chi connectivity index (χ0n) is 17.4. The van der Waals surface area contributed by atoms with E-state index in [1.54, 1.807) is 29.2 Å². The van der Waals surface area contributed by atoms with Gasteiger partial charge in [-0.2, -0.15) is 0 Å². The summed E-state index contributed by atoms with van der Waals surface area (Å²) in [5.41, 5.74) is 3.28. The van der Waals surface area contributed by atoms with Gasteiger partial charge in [-0.1, -0.05) is 48.5 Å². The maximum Gasteiger partial charge on any atom is 0.253 e. The fourth-order valence-corrected chi connectivity index (χ4v) is 5.87. The van der Waals surface area contributed by atoms with Crippen LogP contribution in [-0.2, 0) is 14.8 Å². The molecule has 8 heteroatoms. The largest absolute Gasteiger partial charge is 0.281 e. The lowest BCUT2D eigenvalue weighted by atomic mass is 10.2. The minimum atomic E-state index is -3.21. The molecule has 2 aromatic carbocycles. The molecule has 0 aliphatic carbocycles. The number of carbonyl (C=O) groups is 1. The van der Waals surface area contributed by atoms with Crippen molar-refractivity contribution in [3.8, 4) is 11.3 Å². The monoisotopic (exact) mass is 465 g/mol. The Bertz CT molecular complexity index is 1230. The molecule has 0 N–H and O–H groups in total. The van der Waals surface area contributed by atoms with Crippen LogP contribution >= 0.6 is 11.3 Å². The molecule has 2 heterocycles. The zero-order valence-corrected chi connectivity index (χ0v) is 19.1. The number of hydrogen-bond acceptors (Lipinski definition) is 5. The zero-order chi connectivity index (χ0) is 22.6. The van der Waals surface area contributed by atoms with Crippen LogP contribution < -0.4 is 9.21 Å². The average molecular weight is 466 g/mol. The van der Waals surface area contributed by atoms with Crippen molar-refractivity contribution in [2.24, 2.45) is 0 Å². The summed E-state index contributed by atoms with van der Waals surface area (Å²) in [5, 5.41) is 2.54. The second kappa shape index (κ2) is 9.50. The van der Waals surface area contributed by atoms with Crippen LogP contribution in [0.5, 0.6) is 0 Å². The number of rotatable bonds is 7. The summed E-state index contributed by atoms with van der Waals surface area (Å²) < 4.78 is 25.6. The Labute approximate surface area is 192 Å². The van der Waals surface area contributed by atoms with Gasteiger partial charge in [0.1, 0.15) is 0 Å². The molecule has 0 bridgehead atoms. The summed E-state index contributed by atoms with van der Waals surface area (Å²) in [7, 11) is -3.21. The van der Waals surface area contributed by atoms with Crippen LogP contribution in [0.2, 0.25) is 0 Å². The first-order valence-corrected chi connectivity index (χ1v) is 12.7. The minimum absolute atomic E-state index is 0.186. The number of nitrogens with zero attached hydrogens (tertiary/aromatic N) is 3. The second-order valence-corrected chi connectivity index (χ2v) is 10.1. The lowest BCUT2D eigenvalue weighted by molar-refractivity contribution is -0.114. The van der Waals surface area contributed by atoms with Crippen LogP contribution in [0.25, 0.3) is 17.3 Å². The van der Waals surface area contributed by atoms with Crippen molar-refractivity contribution < 1.29 is 13.2 Å². The molecule has 3 aromatic rings. The summed E-state index contributed by atoms with van der Waals surface area (Å²) in [6.07, 6.45) is 5.52. The lowest BCUT2D eigenvalue weighted by Gasteiger charge is -2.17. The van der Waals surface area contributed by atoms with E-state index >= 15 is 0 Å². The van der Waals surface area contributed by atoms with Gasteiger partial charge in [-0.25, -0.2) is 13.4 Å². The molecule has 6 nitrogen and oxygen atoms in total. The molecule has 1 saturated heterocycles. The van der Waals surface area contributed by atoms with Crippen molar-refractivity contribution in [2.45, 2.75) is 6.42 Å². The van der Waals surface area contributed by atoms with Gasteiger partial charge in [0.05, 0.1) is 17.1 Å². The van der Waals surface area contributed by atoms with E-state index < -0.39 is 10.0 Å². The summed E-state index contributed by atoms with van der Waals surface area (Å²) in [5.74, 6) is -0.0181. The number of sulfonamides is 1. The van der Waals surface area contributed by atoms with Crippen molar-refractivity contribution >= 4 is 44.2 Å². The number of amides is 1. The average Bonchev–Trinajstić information content (AvgIpc) is 3.43. The topological polar surface area (TPSA) is 70.6 Å². The third kappa shape index (κ3) is 4.81. The molecule has 1 aliphatic rings. The van der Waals surface area contributed by atoms with Crippen molar-refractivity contribution in [1.29, 1.82) is 0 Å². The molecule has 32 heavy (non-hydrogen) atoms. The summed E-state index contributed by atoms with van der Waals surface area (Å²) in [6.45, 7) is 4.61. The van der Waals surface area contributed by atoms with E-state index in [0.29, 0.717) is 30.3 Å². The van der Waals surface area contributed by atoms with Gasteiger partial charge in [-0.3, -0.25) is 14.0 Å². The molecule has 164 valence electrons. The molecule has 1 aliphatic heterocycles. The van der Waals surface area contributed by atoms with Gasteiger partial charge in [-0.05, 0) is 30.2 Å². The molecule has 0 atom stereocenters. The van der Waals surface area contributed by atoms with Gasteiger partial charge in [0, 0.05) is 30.1 Å². The van der Waals surface area contributed by atoms with Crippen LogP contribution in [0.3, 0.4) is 0 Å². The normalized spacial score (nSPS) is 15.2. The van der Waals surface area contributed by atoms with E-state index in [0.717, 1.165) is 16.8 Å². The maximum absolute atomic E-state index is 12.9. The number of hydrogen-bond donors (Lipinski definition) is 0. The number of carbonyl (C=O) groups excluding carboxylic acids is 1. The fraction of sp³-hybridized carbons (Fsp3) is 0.167. The predicted molar refractivity (Wildman–Crippen MR) is 131 cm³/mol. The van der Waals surface area contributed by atoms with Gasteiger partial charge < -0.3 is 0 Å². The first-order chi connectivity index (χ1) is 15.5. The molecule has 0 unspecified atom stereocenters. The SMILES string of the molecule is C=CCN(C(=O)/C=C/c1ccc(N2CCCS2(=O)=O)cc1)c1nc(-c2ccccc2)cs1. The van der Waals surface area contributed by atoms with Gasteiger partial charge in [0.15, 0.2) is 5.13 Å². The van der Waals surface area contributed by atoms with Gasteiger partial charge in [0.25, 0.3) is 5.91 Å². The Morgan fingerprint density at radius 2 is 1.91 bits per heavy atom. The molecule has 1 fully saturated rings. The van der Waals surface area contributed by atoms with E-state index in [9.17, 15) is 13.2 Å². The number of aromatic nitrogens is 1. The molecule has 1 amide bonds. The van der Waals surface area contributed by atoms with Crippen LogP contribution in [-0.4, -0.2) is 38.2 Å². The first-order valence-electron chi connectivity index (χ1n) is 10.2. The van der Waals surface area contributed by atoms with E-state index in [-0.39, 0.29) is 11.7 Å². The molecule has 1 aromatic heterocycles. The molecule has 0 saturated carbocycles. The highest BCUT2D eigenvalue weighted by Crippen LogP contribution is 2.28. The smallest absolute Gasteiger partial charge is 0.253 e. The van der Waals surface area contributed by atoms with Crippen LogP contribution in [0.15, 0.2) is 78.7 Å². The number of thiazole rings is 1. The van der Waals surface area contributed by atoms with E-state index in [2.05, 4.69) is 11.6 Å². The third-order valence-electron chi connectivity index (χ3n) is 5.07. The maximum atomic E-state index is 12.9. The highest BCUT2D eigenvalue weighted by Gasteiger charge is 2.28. The van der Waals surface area contributed by atoms with Crippen LogP contribution in [0.4, 0.5) is 10.8 Å². The Hall–Kier alpha value is -3.23. The van der Waals surface area contributed by atoms with Crippen molar-refractivity contribution in [3.05, 3.63) is 84.3 Å². The Kier molecular flexibility index (Phi) is 6.53. The van der Waals surface area contributed by atoms with E-state index in [1.807, 2.05) is 47.8 Å². The molecule has 0 radical (unpaired) electrons. The second-order valence-electron chi connectivity index (χ2n) is 7.29. The van der Waals surface area contributed by atoms with Crippen molar-refractivity contribution in [2.75, 3.05) is 28.0 Å². The number of benzene rings is 2. The highest BCUT2D eigenvalue weighted by atomic mass is 32.2. The molecule has 4 rings (SSSR count). The summed E-state index contributed by atoms with van der Waals surface area (Å²) in [6, 6.07) is 17.0. The van der Waals surface area contributed by atoms with Crippen LogP contribution in [0, 0.1) is 0 Å². The quantitative estimate of drug-likeness (QED) is 0.378. The van der Waals surface area contributed by atoms with Gasteiger partial charge in [-0.15, -0.1) is 17.9 Å². The molecular formula is C24H23N3O3S2. The summed E-state index contributed by atoms with van der Waals surface area (Å²) in [4.78, 5) is 19.1. The van der Waals surface area contributed by atoms with E-state index in [1.165, 1.54) is 21.7 Å². The first kappa shape index (κ1) is 22.0. The predicted octanol–water partition coefficient (Wildman–Crippen LogP) is 4.58. The minimum Gasteiger partial charge on any atom is -0.281 e. The fourth-order valence-electron chi connectivity index (χ4n) is 3.46.